The van der Waals surface area contributed by atoms with E-state index in [-0.39, 0.29) is 12.3 Å². The third-order valence-corrected chi connectivity index (χ3v) is 3.36. The maximum absolute atomic E-state index is 11.0. The number of hydrogen-bond donors (Lipinski definition) is 1. The second-order valence-corrected chi connectivity index (χ2v) is 4.95. The fourth-order valence-electron chi connectivity index (χ4n) is 2.02. The molecule has 2 aromatic carbocycles. The lowest BCUT2D eigenvalue weighted by atomic mass is 10.1. The minimum atomic E-state index is -0.422. The number of halogens is 1. The molecule has 0 amide bonds. The van der Waals surface area contributed by atoms with Gasteiger partial charge in [-0.05, 0) is 24.6 Å². The number of anilines is 1. The highest BCUT2D eigenvalue weighted by Gasteiger charge is 2.16. The maximum atomic E-state index is 11.0. The van der Waals surface area contributed by atoms with Crippen LogP contribution in [0.3, 0.4) is 0 Å². The Balaban J connectivity index is 2.26. The minimum absolute atomic E-state index is 0.0222. The number of nitrogens with zero attached hydrogens (tertiary/aromatic N) is 1. The number of aryl methyl sites for hydroxylation is 1. The molecule has 2 aromatic rings. The summed E-state index contributed by atoms with van der Waals surface area (Å²) in [5, 5.41) is 14.4. The summed E-state index contributed by atoms with van der Waals surface area (Å²) in [7, 11) is 1.64. The average Bonchev–Trinajstić information content (AvgIpc) is 2.47. The van der Waals surface area contributed by atoms with Crippen molar-refractivity contribution in [3.8, 4) is 5.75 Å². The van der Waals surface area contributed by atoms with Gasteiger partial charge >= 0.3 is 0 Å². The first-order chi connectivity index (χ1) is 10.0. The predicted octanol–water partition coefficient (Wildman–Crippen LogP) is 4.18. The van der Waals surface area contributed by atoms with Gasteiger partial charge in [0.05, 0.1) is 9.95 Å². The Kier molecular flexibility index (Phi) is 4.65. The van der Waals surface area contributed by atoms with Crippen LogP contribution in [0.1, 0.15) is 11.1 Å². The number of hydrogen-bond acceptors (Lipinski definition) is 4. The molecule has 0 aliphatic rings. The highest BCUT2D eigenvalue weighted by atomic mass is 35.5. The maximum Gasteiger partial charge on any atom is 0.292 e. The van der Waals surface area contributed by atoms with Crippen LogP contribution < -0.4 is 10.1 Å². The van der Waals surface area contributed by atoms with Crippen molar-refractivity contribution in [2.24, 2.45) is 0 Å². The molecule has 0 unspecified atom stereocenters. The van der Waals surface area contributed by atoms with E-state index in [9.17, 15) is 10.1 Å². The van der Waals surface area contributed by atoms with Gasteiger partial charge in [0.15, 0.2) is 0 Å². The molecule has 0 aliphatic carbocycles. The van der Waals surface area contributed by atoms with E-state index in [0.717, 1.165) is 5.56 Å². The Morgan fingerprint density at radius 2 is 2.10 bits per heavy atom. The van der Waals surface area contributed by atoms with E-state index in [1.165, 1.54) is 6.07 Å². The summed E-state index contributed by atoms with van der Waals surface area (Å²) in [6.45, 7) is 2.14. The van der Waals surface area contributed by atoms with Gasteiger partial charge in [-0.1, -0.05) is 29.8 Å². The molecule has 21 heavy (non-hydrogen) atoms. The van der Waals surface area contributed by atoms with E-state index < -0.39 is 4.92 Å². The zero-order chi connectivity index (χ0) is 15.4. The number of rotatable bonds is 5. The Hall–Kier alpha value is -2.27. The molecule has 0 fully saturated rings. The molecule has 0 radical (unpaired) electrons. The lowest BCUT2D eigenvalue weighted by Crippen LogP contribution is -2.04. The fraction of sp³-hybridized carbons (Fsp3) is 0.200. The van der Waals surface area contributed by atoms with E-state index >= 15 is 0 Å². The van der Waals surface area contributed by atoms with Crippen molar-refractivity contribution >= 4 is 23.0 Å². The van der Waals surface area contributed by atoms with Gasteiger partial charge in [-0.2, -0.15) is 0 Å². The van der Waals surface area contributed by atoms with Crippen LogP contribution >= 0.6 is 11.6 Å². The summed E-state index contributed by atoms with van der Waals surface area (Å²) < 4.78 is 5.69. The minimum Gasteiger partial charge on any atom is -0.487 e. The van der Waals surface area contributed by atoms with Crippen molar-refractivity contribution in [1.29, 1.82) is 0 Å². The molecule has 0 spiro atoms. The van der Waals surface area contributed by atoms with Crippen LogP contribution in [0.2, 0.25) is 5.02 Å². The van der Waals surface area contributed by atoms with Crippen molar-refractivity contribution in [3.05, 3.63) is 62.7 Å². The van der Waals surface area contributed by atoms with Crippen molar-refractivity contribution in [3.63, 3.8) is 0 Å². The largest absolute Gasteiger partial charge is 0.487 e. The molecule has 0 aliphatic heterocycles. The van der Waals surface area contributed by atoms with Gasteiger partial charge in [-0.25, -0.2) is 0 Å². The summed E-state index contributed by atoms with van der Waals surface area (Å²) >= 11 is 6.07. The fourth-order valence-corrected chi connectivity index (χ4v) is 2.20. The third-order valence-electron chi connectivity index (χ3n) is 3.05. The molecule has 5 nitrogen and oxygen atoms in total. The van der Waals surface area contributed by atoms with Gasteiger partial charge in [-0.15, -0.1) is 0 Å². The highest BCUT2D eigenvalue weighted by Crippen LogP contribution is 2.30. The predicted molar refractivity (Wildman–Crippen MR) is 83.2 cm³/mol. The van der Waals surface area contributed by atoms with Gasteiger partial charge < -0.3 is 10.1 Å². The Morgan fingerprint density at radius 3 is 2.76 bits per heavy atom. The number of nitro benzene ring substituents is 1. The van der Waals surface area contributed by atoms with Crippen LogP contribution in [0.4, 0.5) is 11.4 Å². The molecular weight excluding hydrogens is 292 g/mol. The molecular formula is C15H15ClN2O3. The Bertz CT molecular complexity index is 674. The molecule has 6 heteroatoms. The first-order valence-electron chi connectivity index (χ1n) is 6.36. The monoisotopic (exact) mass is 306 g/mol. The zero-order valence-corrected chi connectivity index (χ0v) is 12.5. The van der Waals surface area contributed by atoms with E-state index in [0.29, 0.717) is 22.0 Å². The van der Waals surface area contributed by atoms with Crippen LogP contribution in [0.5, 0.6) is 5.75 Å². The van der Waals surface area contributed by atoms with E-state index in [2.05, 4.69) is 5.32 Å². The molecule has 110 valence electrons. The van der Waals surface area contributed by atoms with Crippen LogP contribution in [0.15, 0.2) is 36.4 Å². The molecule has 2 rings (SSSR count). The van der Waals surface area contributed by atoms with E-state index in [1.807, 2.05) is 19.1 Å². The summed E-state index contributed by atoms with van der Waals surface area (Å²) in [6.07, 6.45) is 0. The van der Waals surface area contributed by atoms with Gasteiger partial charge in [0, 0.05) is 18.7 Å². The number of ether oxygens (including phenoxy) is 1. The van der Waals surface area contributed by atoms with Gasteiger partial charge in [0.1, 0.15) is 18.0 Å². The summed E-state index contributed by atoms with van der Waals surface area (Å²) in [4.78, 5) is 10.6. The number of nitro groups is 1. The molecule has 0 atom stereocenters. The lowest BCUT2D eigenvalue weighted by Gasteiger charge is -2.12. The highest BCUT2D eigenvalue weighted by molar-refractivity contribution is 6.32. The molecule has 1 N–H and O–H groups in total. The number of benzene rings is 2. The molecule has 0 saturated heterocycles. The Morgan fingerprint density at radius 1 is 1.33 bits per heavy atom. The average molecular weight is 307 g/mol. The second-order valence-electron chi connectivity index (χ2n) is 4.54. The first kappa shape index (κ1) is 15.1. The summed E-state index contributed by atoms with van der Waals surface area (Å²) in [5.74, 6) is 0.560. The quantitative estimate of drug-likeness (QED) is 0.665. The third kappa shape index (κ3) is 3.44. The number of para-hydroxylation sites is 1. The smallest absolute Gasteiger partial charge is 0.292 e. The van der Waals surface area contributed by atoms with Crippen molar-refractivity contribution in [1.82, 2.24) is 0 Å². The van der Waals surface area contributed by atoms with Crippen molar-refractivity contribution in [2.45, 2.75) is 13.5 Å². The van der Waals surface area contributed by atoms with Gasteiger partial charge in [0.25, 0.3) is 5.69 Å². The van der Waals surface area contributed by atoms with Gasteiger partial charge in [-0.3, -0.25) is 10.1 Å². The van der Waals surface area contributed by atoms with E-state index in [4.69, 9.17) is 16.3 Å². The molecule has 0 aromatic heterocycles. The lowest BCUT2D eigenvalue weighted by molar-refractivity contribution is -0.384. The summed E-state index contributed by atoms with van der Waals surface area (Å²) in [5.41, 5.74) is 2.20. The van der Waals surface area contributed by atoms with Crippen LogP contribution in [0, 0.1) is 17.0 Å². The summed E-state index contributed by atoms with van der Waals surface area (Å²) in [6, 6.07) is 10.4. The second kappa shape index (κ2) is 6.45. The van der Waals surface area contributed by atoms with Crippen molar-refractivity contribution in [2.75, 3.05) is 12.4 Å². The normalized spacial score (nSPS) is 10.2. The first-order valence-corrected chi connectivity index (χ1v) is 6.73. The standard InChI is InChI=1S/C15H15ClN2O3/c1-10-6-7-12(16)14(8-10)21-9-11-4-3-5-13(18(19)20)15(11)17-2/h3-8,17H,9H2,1-2H3. The molecule has 0 saturated carbocycles. The van der Waals surface area contributed by atoms with E-state index in [1.54, 1.807) is 25.2 Å². The topological polar surface area (TPSA) is 64.4 Å². The molecule has 0 heterocycles. The van der Waals surface area contributed by atoms with Crippen LogP contribution in [0.25, 0.3) is 0 Å². The van der Waals surface area contributed by atoms with Crippen molar-refractivity contribution < 1.29 is 9.66 Å². The van der Waals surface area contributed by atoms with Crippen LogP contribution in [-0.4, -0.2) is 12.0 Å². The zero-order valence-electron chi connectivity index (χ0n) is 11.7. The Labute approximate surface area is 127 Å². The SMILES string of the molecule is CNc1c(COc2cc(C)ccc2Cl)cccc1[N+](=O)[O-]. The van der Waals surface area contributed by atoms with Crippen LogP contribution in [-0.2, 0) is 6.61 Å². The van der Waals surface area contributed by atoms with Gasteiger partial charge in [0.2, 0.25) is 0 Å². The molecule has 0 bridgehead atoms. The number of nitrogens with one attached hydrogen (secondary N) is 1.